The molecule has 1 heterocycles. The number of hydrogen-bond acceptors (Lipinski definition) is 2. The van der Waals surface area contributed by atoms with Crippen LogP contribution in [0.5, 0.6) is 0 Å². The van der Waals surface area contributed by atoms with Crippen molar-refractivity contribution >= 4 is 35.7 Å². The van der Waals surface area contributed by atoms with Gasteiger partial charge >= 0.3 is 0 Å². The van der Waals surface area contributed by atoms with E-state index in [4.69, 9.17) is 12.2 Å². The first-order valence-corrected chi connectivity index (χ1v) is 5.62. The minimum Gasteiger partial charge on any atom is -0.337 e. The van der Waals surface area contributed by atoms with Gasteiger partial charge in [-0.1, -0.05) is 26.2 Å². The third-order valence-corrected chi connectivity index (χ3v) is 3.14. The maximum atomic E-state index is 5.07. The van der Waals surface area contributed by atoms with Gasteiger partial charge in [-0.05, 0) is 36.4 Å². The van der Waals surface area contributed by atoms with E-state index in [1.165, 1.54) is 16.9 Å². The van der Waals surface area contributed by atoms with Crippen LogP contribution in [0.4, 0.5) is 0 Å². The van der Waals surface area contributed by atoms with Gasteiger partial charge in [-0.2, -0.15) is 0 Å². The predicted molar refractivity (Wildman–Crippen MR) is 68.1 cm³/mol. The summed E-state index contributed by atoms with van der Waals surface area (Å²) >= 11 is 6.61. The Morgan fingerprint density at radius 1 is 1.57 bits per heavy atom. The molecule has 1 rings (SSSR count). The van der Waals surface area contributed by atoms with Crippen LogP contribution in [0.1, 0.15) is 23.9 Å². The molecule has 3 heteroatoms. The van der Waals surface area contributed by atoms with Gasteiger partial charge in [0.15, 0.2) is 3.95 Å². The highest BCUT2D eigenvalue weighted by Crippen LogP contribution is 2.20. The normalized spacial score (nSPS) is 11.4. The number of allylic oxidation sites excluding steroid dienone is 2. The van der Waals surface area contributed by atoms with Gasteiger partial charge in [0.2, 0.25) is 0 Å². The van der Waals surface area contributed by atoms with Crippen LogP contribution in [0.25, 0.3) is 12.2 Å². The summed E-state index contributed by atoms with van der Waals surface area (Å²) in [5, 5.41) is 0. The molecule has 0 aliphatic heterocycles. The van der Waals surface area contributed by atoms with Gasteiger partial charge in [0.1, 0.15) is 0 Å². The van der Waals surface area contributed by atoms with E-state index < -0.39 is 0 Å². The highest BCUT2D eigenvalue weighted by atomic mass is 32.1. The summed E-state index contributed by atoms with van der Waals surface area (Å²) < 4.78 is 0.783. The summed E-state index contributed by atoms with van der Waals surface area (Å²) in [4.78, 5) is 4.22. The molecule has 1 nitrogen and oxygen atoms in total. The molecule has 74 valence electrons. The second-order valence-corrected chi connectivity index (χ2v) is 4.49. The quantitative estimate of drug-likeness (QED) is 0.590. The van der Waals surface area contributed by atoms with Crippen molar-refractivity contribution in [2.75, 3.05) is 0 Å². The minimum absolute atomic E-state index is 0.783. The molecule has 0 saturated heterocycles. The Morgan fingerprint density at radius 2 is 2.29 bits per heavy atom. The summed E-state index contributed by atoms with van der Waals surface area (Å²) in [5.41, 5.74) is 2.23. The molecule has 1 N–H and O–H groups in total. The summed E-state index contributed by atoms with van der Waals surface area (Å²) in [6.45, 7) is 9.61. The van der Waals surface area contributed by atoms with Crippen LogP contribution in [0.3, 0.4) is 0 Å². The first kappa shape index (κ1) is 11.1. The van der Waals surface area contributed by atoms with E-state index in [0.717, 1.165) is 20.9 Å². The molecule has 0 saturated carbocycles. The van der Waals surface area contributed by atoms with Crippen molar-refractivity contribution in [3.8, 4) is 0 Å². The number of nitrogens with one attached hydrogen (secondary N) is 1. The van der Waals surface area contributed by atoms with E-state index in [9.17, 15) is 0 Å². The first-order chi connectivity index (χ1) is 6.71. The Balaban J connectivity index is 3.18. The Hall–Kier alpha value is -0.930. The summed E-state index contributed by atoms with van der Waals surface area (Å²) in [7, 11) is 0. The molecule has 14 heavy (non-hydrogen) atoms. The van der Waals surface area contributed by atoms with Crippen molar-refractivity contribution in [1.29, 1.82) is 0 Å². The zero-order chi connectivity index (χ0) is 10.6. The van der Waals surface area contributed by atoms with Crippen LogP contribution < -0.4 is 0 Å². The molecule has 0 aromatic carbocycles. The molecule has 0 spiro atoms. The maximum absolute atomic E-state index is 5.07. The molecule has 0 atom stereocenters. The zero-order valence-corrected chi connectivity index (χ0v) is 9.80. The van der Waals surface area contributed by atoms with Crippen LogP contribution in [0.2, 0.25) is 0 Å². The largest absolute Gasteiger partial charge is 0.337 e. The Morgan fingerprint density at radius 3 is 2.79 bits per heavy atom. The van der Waals surface area contributed by atoms with Crippen molar-refractivity contribution < 1.29 is 0 Å². The number of hydrogen-bond donors (Lipinski definition) is 1. The van der Waals surface area contributed by atoms with Crippen LogP contribution in [0, 0.1) is 3.95 Å². The predicted octanol–water partition coefficient (Wildman–Crippen LogP) is 4.43. The van der Waals surface area contributed by atoms with Crippen molar-refractivity contribution in [3.63, 3.8) is 0 Å². The van der Waals surface area contributed by atoms with E-state index in [-0.39, 0.29) is 0 Å². The van der Waals surface area contributed by atoms with Crippen LogP contribution in [-0.2, 0) is 0 Å². The average Bonchev–Trinajstić information content (AvgIpc) is 2.55. The Bertz CT molecular complexity index is 421. The third kappa shape index (κ3) is 2.53. The molecule has 0 aliphatic carbocycles. The van der Waals surface area contributed by atoms with Gasteiger partial charge in [0.25, 0.3) is 0 Å². The first-order valence-electron chi connectivity index (χ1n) is 4.39. The lowest BCUT2D eigenvalue weighted by Gasteiger charge is -1.96. The molecular weight excluding hydrogens is 210 g/mol. The molecule has 1 aromatic heterocycles. The highest BCUT2D eigenvalue weighted by Gasteiger charge is 2.00. The van der Waals surface area contributed by atoms with Crippen molar-refractivity contribution in [3.05, 3.63) is 39.3 Å². The van der Waals surface area contributed by atoms with Gasteiger partial charge in [-0.3, -0.25) is 0 Å². The van der Waals surface area contributed by atoms with Gasteiger partial charge in [-0.25, -0.2) is 0 Å². The molecule has 0 amide bonds. The Kier molecular flexibility index (Phi) is 4.04. The molecule has 0 bridgehead atoms. The zero-order valence-electron chi connectivity index (χ0n) is 8.17. The lowest BCUT2D eigenvalue weighted by Crippen LogP contribution is -1.79. The van der Waals surface area contributed by atoms with Crippen molar-refractivity contribution in [2.45, 2.75) is 13.3 Å². The smallest absolute Gasteiger partial charge is 0.159 e. The minimum atomic E-state index is 0.783. The van der Waals surface area contributed by atoms with E-state index in [0.29, 0.717) is 0 Å². The molecule has 0 radical (unpaired) electrons. The van der Waals surface area contributed by atoms with Gasteiger partial charge in [-0.15, -0.1) is 11.3 Å². The van der Waals surface area contributed by atoms with Crippen LogP contribution in [0.15, 0.2) is 24.8 Å². The number of aromatic nitrogens is 1. The fourth-order valence-electron chi connectivity index (χ4n) is 1.10. The standard InChI is InChI=1S/C11H13NS2/c1-4-8(5-2)7-9-10(6-3)14-11(13)12-9/h4,6-7H,1,3,5H2,2H3,(H,12,13)/b8-7+. The number of rotatable bonds is 4. The monoisotopic (exact) mass is 223 g/mol. The SMILES string of the molecule is C=C/C(=C\c1[nH]c(=S)sc1C=C)CC. The third-order valence-electron chi connectivity index (χ3n) is 1.89. The molecular formula is C11H13NS2. The molecule has 0 unspecified atom stereocenters. The molecule has 0 aliphatic rings. The lowest BCUT2D eigenvalue weighted by atomic mass is 10.1. The highest BCUT2D eigenvalue weighted by molar-refractivity contribution is 7.73. The van der Waals surface area contributed by atoms with Gasteiger partial charge in [0, 0.05) is 0 Å². The topological polar surface area (TPSA) is 15.8 Å². The van der Waals surface area contributed by atoms with Gasteiger partial charge in [0.05, 0.1) is 10.6 Å². The van der Waals surface area contributed by atoms with Crippen molar-refractivity contribution in [1.82, 2.24) is 4.98 Å². The summed E-state index contributed by atoms with van der Waals surface area (Å²) in [6.07, 6.45) is 6.72. The second-order valence-electron chi connectivity index (χ2n) is 2.77. The summed E-state index contributed by atoms with van der Waals surface area (Å²) in [6, 6.07) is 0. The van der Waals surface area contributed by atoms with E-state index in [1.54, 1.807) is 0 Å². The van der Waals surface area contributed by atoms with E-state index in [2.05, 4.69) is 31.1 Å². The fraction of sp³-hybridized carbons (Fsp3) is 0.182. The van der Waals surface area contributed by atoms with Crippen LogP contribution >= 0.6 is 23.6 Å². The van der Waals surface area contributed by atoms with Gasteiger partial charge < -0.3 is 4.98 Å². The second kappa shape index (κ2) is 5.08. The number of aromatic amines is 1. The molecule has 1 aromatic rings. The van der Waals surface area contributed by atoms with E-state index >= 15 is 0 Å². The van der Waals surface area contributed by atoms with Crippen LogP contribution in [-0.4, -0.2) is 4.98 Å². The number of thiazole rings is 1. The van der Waals surface area contributed by atoms with E-state index in [1.807, 2.05) is 12.2 Å². The maximum Gasteiger partial charge on any atom is 0.159 e. The average molecular weight is 223 g/mol. The molecule has 0 fully saturated rings. The summed E-state index contributed by atoms with van der Waals surface area (Å²) in [5.74, 6) is 0. The fourth-order valence-corrected chi connectivity index (χ4v) is 2.14. The Labute approximate surface area is 93.5 Å². The number of H-pyrrole nitrogens is 1. The lowest BCUT2D eigenvalue weighted by molar-refractivity contribution is 1.16. The van der Waals surface area contributed by atoms with Crippen molar-refractivity contribution in [2.24, 2.45) is 0 Å².